The van der Waals surface area contributed by atoms with Crippen molar-refractivity contribution in [1.29, 1.82) is 5.26 Å². The molecule has 0 atom stereocenters. The van der Waals surface area contributed by atoms with E-state index in [2.05, 4.69) is 15.1 Å². The first-order valence-electron chi connectivity index (χ1n) is 7.35. The zero-order valence-electron chi connectivity index (χ0n) is 13.0. The van der Waals surface area contributed by atoms with Crippen molar-refractivity contribution in [2.75, 3.05) is 5.73 Å². The maximum atomic E-state index is 11.8. The van der Waals surface area contributed by atoms with Crippen LogP contribution < -0.4 is 11.3 Å². The Kier molecular flexibility index (Phi) is 4.03. The fourth-order valence-electron chi connectivity index (χ4n) is 2.31. The van der Waals surface area contributed by atoms with Gasteiger partial charge in [0.1, 0.15) is 23.2 Å². The molecule has 2 aromatic heterocycles. The van der Waals surface area contributed by atoms with Crippen LogP contribution in [0.1, 0.15) is 12.6 Å². The van der Waals surface area contributed by atoms with Crippen LogP contribution in [0, 0.1) is 11.3 Å². The fraction of sp³-hybridized carbons (Fsp3) is 0.118. The van der Waals surface area contributed by atoms with Crippen molar-refractivity contribution >= 4 is 5.82 Å². The first-order valence-corrected chi connectivity index (χ1v) is 7.35. The first-order chi connectivity index (χ1) is 11.6. The van der Waals surface area contributed by atoms with Crippen molar-refractivity contribution in [3.63, 3.8) is 0 Å². The highest BCUT2D eigenvalue weighted by atomic mass is 16.1. The molecule has 0 bridgehead atoms. The molecule has 0 saturated heterocycles. The molecule has 118 valence electrons. The van der Waals surface area contributed by atoms with Crippen molar-refractivity contribution in [1.82, 2.24) is 19.7 Å². The lowest BCUT2D eigenvalue weighted by molar-refractivity contribution is 0.618. The summed E-state index contributed by atoms with van der Waals surface area (Å²) in [7, 11) is 0. The number of nitrogens with two attached hydrogens (primary N) is 1. The Morgan fingerprint density at radius 1 is 1.12 bits per heavy atom. The zero-order valence-corrected chi connectivity index (χ0v) is 13.0. The van der Waals surface area contributed by atoms with Gasteiger partial charge in [-0.05, 0) is 13.0 Å². The van der Waals surface area contributed by atoms with Crippen LogP contribution in [0.4, 0.5) is 5.82 Å². The number of anilines is 1. The number of rotatable bonds is 3. The van der Waals surface area contributed by atoms with Gasteiger partial charge < -0.3 is 5.73 Å². The van der Waals surface area contributed by atoms with E-state index in [0.29, 0.717) is 23.6 Å². The monoisotopic (exact) mass is 318 g/mol. The van der Waals surface area contributed by atoms with E-state index in [1.54, 1.807) is 6.07 Å². The van der Waals surface area contributed by atoms with E-state index in [9.17, 15) is 10.1 Å². The predicted octanol–water partition coefficient (Wildman–Crippen LogP) is 1.84. The van der Waals surface area contributed by atoms with E-state index >= 15 is 0 Å². The molecule has 7 nitrogen and oxygen atoms in total. The summed E-state index contributed by atoms with van der Waals surface area (Å²) in [6.45, 7) is 2.26. The van der Waals surface area contributed by atoms with E-state index in [-0.39, 0.29) is 17.1 Å². The smallest absolute Gasteiger partial charge is 0.266 e. The lowest BCUT2D eigenvalue weighted by Gasteiger charge is -2.10. The maximum Gasteiger partial charge on any atom is 0.266 e. The van der Waals surface area contributed by atoms with Crippen LogP contribution in [-0.4, -0.2) is 19.7 Å². The third-order valence-electron chi connectivity index (χ3n) is 3.48. The van der Waals surface area contributed by atoms with Gasteiger partial charge in [-0.15, -0.1) is 0 Å². The van der Waals surface area contributed by atoms with Crippen molar-refractivity contribution in [3.05, 3.63) is 58.5 Å². The van der Waals surface area contributed by atoms with Crippen molar-refractivity contribution < 1.29 is 0 Å². The maximum absolute atomic E-state index is 11.8. The molecule has 3 aromatic rings. The van der Waals surface area contributed by atoms with Gasteiger partial charge in [0.25, 0.3) is 5.56 Å². The first kappa shape index (κ1) is 15.4. The molecule has 0 fully saturated rings. The second-order valence-electron chi connectivity index (χ2n) is 5.01. The summed E-state index contributed by atoms with van der Waals surface area (Å²) < 4.78 is 1.33. The minimum absolute atomic E-state index is 0.0285. The standard InChI is InChI=1S/C17H14N6O/c1-2-23-14(24)9-8-12(22-23)16-15(11-6-4-3-5-7-11)21-17(19)13(10-18)20-16/h3-9H,2H2,1H3,(H2,19,21). The summed E-state index contributed by atoms with van der Waals surface area (Å²) in [5.41, 5.74) is 7.83. The molecule has 0 amide bonds. The average molecular weight is 318 g/mol. The number of hydrogen-bond acceptors (Lipinski definition) is 6. The number of benzene rings is 1. The summed E-state index contributed by atoms with van der Waals surface area (Å²) >= 11 is 0. The average Bonchev–Trinajstić information content (AvgIpc) is 2.63. The van der Waals surface area contributed by atoms with Crippen LogP contribution in [0.2, 0.25) is 0 Å². The Morgan fingerprint density at radius 3 is 2.54 bits per heavy atom. The Morgan fingerprint density at radius 2 is 1.88 bits per heavy atom. The minimum Gasteiger partial charge on any atom is -0.381 e. The van der Waals surface area contributed by atoms with Crippen LogP contribution in [0.3, 0.4) is 0 Å². The third-order valence-corrected chi connectivity index (χ3v) is 3.48. The van der Waals surface area contributed by atoms with Gasteiger partial charge >= 0.3 is 0 Å². The van der Waals surface area contributed by atoms with Crippen LogP contribution in [0.25, 0.3) is 22.6 Å². The molecule has 0 aliphatic heterocycles. The van der Waals surface area contributed by atoms with Gasteiger partial charge in [0.2, 0.25) is 0 Å². The predicted molar refractivity (Wildman–Crippen MR) is 89.8 cm³/mol. The van der Waals surface area contributed by atoms with E-state index < -0.39 is 0 Å². The van der Waals surface area contributed by atoms with Crippen LogP contribution >= 0.6 is 0 Å². The van der Waals surface area contributed by atoms with E-state index in [1.807, 2.05) is 43.3 Å². The summed E-state index contributed by atoms with van der Waals surface area (Å²) in [6.07, 6.45) is 0. The molecule has 2 N–H and O–H groups in total. The minimum atomic E-state index is -0.202. The quantitative estimate of drug-likeness (QED) is 0.789. The van der Waals surface area contributed by atoms with Crippen molar-refractivity contribution in [2.24, 2.45) is 0 Å². The number of nitrogens with zero attached hydrogens (tertiary/aromatic N) is 5. The SMILES string of the molecule is CCn1nc(-c2nc(C#N)c(N)nc2-c2ccccc2)ccc1=O. The fourth-order valence-corrected chi connectivity index (χ4v) is 2.31. The summed E-state index contributed by atoms with van der Waals surface area (Å²) in [5, 5.41) is 13.5. The number of aromatic nitrogens is 4. The van der Waals surface area contributed by atoms with Crippen molar-refractivity contribution in [3.8, 4) is 28.7 Å². The molecule has 0 radical (unpaired) electrons. The number of aryl methyl sites for hydroxylation is 1. The molecular weight excluding hydrogens is 304 g/mol. The van der Waals surface area contributed by atoms with Gasteiger partial charge in [-0.2, -0.15) is 10.4 Å². The van der Waals surface area contributed by atoms with Gasteiger partial charge in [0, 0.05) is 18.2 Å². The van der Waals surface area contributed by atoms with Crippen LogP contribution in [0.5, 0.6) is 0 Å². The van der Waals surface area contributed by atoms with Crippen LogP contribution in [0.15, 0.2) is 47.3 Å². The molecule has 3 rings (SSSR count). The highest BCUT2D eigenvalue weighted by Crippen LogP contribution is 2.28. The van der Waals surface area contributed by atoms with Crippen molar-refractivity contribution in [2.45, 2.75) is 13.5 Å². The second kappa shape index (κ2) is 6.30. The lowest BCUT2D eigenvalue weighted by atomic mass is 10.1. The molecule has 0 aliphatic carbocycles. The third kappa shape index (κ3) is 2.73. The molecule has 2 heterocycles. The zero-order chi connectivity index (χ0) is 17.1. The van der Waals surface area contributed by atoms with Gasteiger partial charge in [0.05, 0.1) is 0 Å². The molecule has 24 heavy (non-hydrogen) atoms. The van der Waals surface area contributed by atoms with Gasteiger partial charge in [-0.1, -0.05) is 30.3 Å². The molecule has 1 aromatic carbocycles. The summed E-state index contributed by atoms with van der Waals surface area (Å²) in [6, 6.07) is 14.3. The van der Waals surface area contributed by atoms with E-state index in [4.69, 9.17) is 5.73 Å². The van der Waals surface area contributed by atoms with Gasteiger partial charge in [-0.3, -0.25) is 4.79 Å². The largest absolute Gasteiger partial charge is 0.381 e. The second-order valence-corrected chi connectivity index (χ2v) is 5.01. The molecule has 0 saturated carbocycles. The molecule has 7 heteroatoms. The highest BCUT2D eigenvalue weighted by molar-refractivity contribution is 5.77. The topological polar surface area (TPSA) is 110 Å². The molecule has 0 unspecified atom stereocenters. The Hall–Kier alpha value is -3.53. The summed E-state index contributed by atoms with van der Waals surface area (Å²) in [5.74, 6) is 0.0592. The van der Waals surface area contributed by atoms with E-state index in [1.165, 1.54) is 10.7 Å². The number of nitriles is 1. The summed E-state index contributed by atoms with van der Waals surface area (Å²) in [4.78, 5) is 20.4. The molecule has 0 spiro atoms. The van der Waals surface area contributed by atoms with Gasteiger partial charge in [0.15, 0.2) is 11.5 Å². The number of hydrogen-bond donors (Lipinski definition) is 1. The van der Waals surface area contributed by atoms with Gasteiger partial charge in [-0.25, -0.2) is 14.6 Å². The highest BCUT2D eigenvalue weighted by Gasteiger charge is 2.17. The van der Waals surface area contributed by atoms with E-state index in [0.717, 1.165) is 5.56 Å². The molecular formula is C17H14N6O. The Labute approximate surface area is 138 Å². The number of nitrogen functional groups attached to an aromatic ring is 1. The molecule has 0 aliphatic rings. The normalized spacial score (nSPS) is 10.3. The Balaban J connectivity index is 2.30. The Bertz CT molecular complexity index is 988. The van der Waals surface area contributed by atoms with Crippen LogP contribution in [-0.2, 0) is 6.54 Å². The lowest BCUT2D eigenvalue weighted by Crippen LogP contribution is -2.21.